The van der Waals surface area contributed by atoms with Crippen LogP contribution in [0.3, 0.4) is 0 Å². The Morgan fingerprint density at radius 3 is 2.17 bits per heavy atom. The molecule has 1 unspecified atom stereocenters. The van der Waals surface area contributed by atoms with Gasteiger partial charge in [0.2, 0.25) is 0 Å². The summed E-state index contributed by atoms with van der Waals surface area (Å²) in [5, 5.41) is 8.64. The average Bonchev–Trinajstić information content (AvgIpc) is 2.55. The largest absolute Gasteiger partial charge is 0.399 e. The summed E-state index contributed by atoms with van der Waals surface area (Å²) in [6, 6.07) is 6.46. The molecule has 1 rings (SSSR count). The van der Waals surface area contributed by atoms with Crippen LogP contribution in [0, 0.1) is 0 Å². The second-order valence-corrected chi connectivity index (χ2v) is 5.85. The molecule has 23 heavy (non-hydrogen) atoms. The maximum Gasteiger partial charge on any atom is 0.356 e. The Morgan fingerprint density at radius 1 is 1.04 bits per heavy atom. The summed E-state index contributed by atoms with van der Waals surface area (Å²) in [5.41, 5.74) is 6.65. The molecule has 0 fully saturated rings. The molecule has 0 aliphatic heterocycles. The number of Topliss-reactive ketones (excluding diaryl/α,β-unsaturated/α-hetero) is 1. The summed E-state index contributed by atoms with van der Waals surface area (Å²) < 4.78 is 0. The molecule has 0 saturated heterocycles. The van der Waals surface area contributed by atoms with Gasteiger partial charge in [-0.3, -0.25) is 9.68 Å². The van der Waals surface area contributed by atoms with Crippen molar-refractivity contribution in [3.63, 3.8) is 0 Å². The van der Waals surface area contributed by atoms with E-state index in [0.717, 1.165) is 19.3 Å². The third kappa shape index (κ3) is 6.82. The van der Waals surface area contributed by atoms with E-state index < -0.39 is 11.9 Å². The number of unbranched alkanes of at least 4 members (excludes halogenated alkanes) is 6. The number of rotatable bonds is 11. The Bertz CT molecular complexity index is 484. The molecular formula is C18H27NO4. The first-order valence-electron chi connectivity index (χ1n) is 8.33. The lowest BCUT2D eigenvalue weighted by Crippen LogP contribution is -2.23. The first-order chi connectivity index (χ1) is 11.1. The molecule has 128 valence electrons. The van der Waals surface area contributed by atoms with Crippen molar-refractivity contribution in [1.29, 1.82) is 0 Å². The Hall–Kier alpha value is -1.88. The van der Waals surface area contributed by atoms with Crippen molar-refractivity contribution in [2.45, 2.75) is 64.2 Å². The number of nitrogens with two attached hydrogens (primary N) is 1. The van der Waals surface area contributed by atoms with Crippen LogP contribution in [0.1, 0.15) is 69.8 Å². The molecule has 1 aromatic carbocycles. The Morgan fingerprint density at radius 2 is 1.61 bits per heavy atom. The molecule has 0 aliphatic carbocycles. The standard InChI is InChI=1S/C18H27NO4/c1-2-3-4-5-6-7-8-9-16(20)17(18(21)23-22)14-10-12-15(19)13-11-14/h10-13,17,22H,2-9,19H2,1H3. The lowest BCUT2D eigenvalue weighted by Gasteiger charge is -2.13. The van der Waals surface area contributed by atoms with Crippen LogP contribution in [-0.2, 0) is 14.5 Å². The number of anilines is 1. The van der Waals surface area contributed by atoms with Gasteiger partial charge in [0.25, 0.3) is 0 Å². The number of carbonyl (C=O) groups is 2. The summed E-state index contributed by atoms with van der Waals surface area (Å²) in [4.78, 5) is 27.8. The molecule has 5 nitrogen and oxygen atoms in total. The van der Waals surface area contributed by atoms with Gasteiger partial charge >= 0.3 is 5.97 Å². The molecule has 0 aromatic heterocycles. The molecule has 5 heteroatoms. The Balaban J connectivity index is 2.50. The topological polar surface area (TPSA) is 89.6 Å². The molecule has 0 saturated carbocycles. The fraction of sp³-hybridized carbons (Fsp3) is 0.556. The van der Waals surface area contributed by atoms with E-state index in [1.807, 2.05) is 0 Å². The van der Waals surface area contributed by atoms with Gasteiger partial charge in [0, 0.05) is 12.1 Å². The van der Waals surface area contributed by atoms with Crippen molar-refractivity contribution in [2.75, 3.05) is 5.73 Å². The van der Waals surface area contributed by atoms with Gasteiger partial charge in [-0.15, -0.1) is 0 Å². The van der Waals surface area contributed by atoms with Gasteiger partial charge in [0.05, 0.1) is 0 Å². The van der Waals surface area contributed by atoms with Gasteiger partial charge in [-0.05, 0) is 24.1 Å². The van der Waals surface area contributed by atoms with E-state index in [2.05, 4.69) is 11.8 Å². The van der Waals surface area contributed by atoms with Gasteiger partial charge in [-0.1, -0.05) is 57.6 Å². The van der Waals surface area contributed by atoms with E-state index in [1.54, 1.807) is 24.3 Å². The minimum absolute atomic E-state index is 0.234. The molecule has 0 heterocycles. The highest BCUT2D eigenvalue weighted by Crippen LogP contribution is 2.22. The van der Waals surface area contributed by atoms with Crippen LogP contribution in [0.15, 0.2) is 24.3 Å². The molecule has 3 N–H and O–H groups in total. The summed E-state index contributed by atoms with van der Waals surface area (Å²) >= 11 is 0. The van der Waals surface area contributed by atoms with E-state index >= 15 is 0 Å². The Kier molecular flexibility index (Phi) is 8.98. The van der Waals surface area contributed by atoms with Crippen molar-refractivity contribution < 1.29 is 19.7 Å². The Labute approximate surface area is 137 Å². The number of nitrogen functional groups attached to an aromatic ring is 1. The minimum atomic E-state index is -1.08. The first-order valence-corrected chi connectivity index (χ1v) is 8.33. The smallest absolute Gasteiger partial charge is 0.356 e. The molecule has 0 spiro atoms. The normalized spacial score (nSPS) is 11.9. The number of hydrogen-bond donors (Lipinski definition) is 2. The average molecular weight is 321 g/mol. The highest BCUT2D eigenvalue weighted by Gasteiger charge is 2.29. The fourth-order valence-corrected chi connectivity index (χ4v) is 2.60. The zero-order valence-electron chi connectivity index (χ0n) is 13.8. The molecule has 0 aliphatic rings. The highest BCUT2D eigenvalue weighted by atomic mass is 17.1. The predicted octanol–water partition coefficient (Wildman–Crippen LogP) is 4.08. The van der Waals surface area contributed by atoms with Gasteiger partial charge in [-0.2, -0.15) is 5.26 Å². The van der Waals surface area contributed by atoms with Crippen molar-refractivity contribution in [2.24, 2.45) is 0 Å². The van der Waals surface area contributed by atoms with Gasteiger partial charge in [0.1, 0.15) is 5.92 Å². The van der Waals surface area contributed by atoms with Crippen molar-refractivity contribution >= 4 is 17.4 Å². The first kappa shape index (κ1) is 19.2. The second kappa shape index (κ2) is 10.8. The van der Waals surface area contributed by atoms with Gasteiger partial charge in [-0.25, -0.2) is 4.79 Å². The maximum absolute atomic E-state index is 12.3. The van der Waals surface area contributed by atoms with Crippen LogP contribution in [-0.4, -0.2) is 17.0 Å². The lowest BCUT2D eigenvalue weighted by atomic mass is 9.91. The van der Waals surface area contributed by atoms with E-state index in [0.29, 0.717) is 17.7 Å². The van der Waals surface area contributed by atoms with E-state index in [9.17, 15) is 9.59 Å². The molecule has 0 bridgehead atoms. The summed E-state index contributed by atoms with van der Waals surface area (Å²) in [7, 11) is 0. The van der Waals surface area contributed by atoms with Crippen LogP contribution >= 0.6 is 0 Å². The molecule has 0 radical (unpaired) electrons. The van der Waals surface area contributed by atoms with Gasteiger partial charge in [0.15, 0.2) is 5.78 Å². The minimum Gasteiger partial charge on any atom is -0.399 e. The SMILES string of the molecule is CCCCCCCCCC(=O)C(C(=O)OO)c1ccc(N)cc1. The van der Waals surface area contributed by atoms with Crippen LogP contribution in [0.2, 0.25) is 0 Å². The molecule has 1 aromatic rings. The van der Waals surface area contributed by atoms with E-state index in [4.69, 9.17) is 11.0 Å². The summed E-state index contributed by atoms with van der Waals surface area (Å²) in [6.07, 6.45) is 8.00. The number of carbonyl (C=O) groups excluding carboxylic acids is 2. The summed E-state index contributed by atoms with van der Waals surface area (Å²) in [6.45, 7) is 2.18. The number of hydrogen-bond acceptors (Lipinski definition) is 5. The molecule has 0 amide bonds. The van der Waals surface area contributed by atoms with Crippen LogP contribution < -0.4 is 5.73 Å². The van der Waals surface area contributed by atoms with E-state index in [1.165, 1.54) is 25.7 Å². The van der Waals surface area contributed by atoms with Crippen molar-refractivity contribution in [3.05, 3.63) is 29.8 Å². The van der Waals surface area contributed by atoms with Gasteiger partial charge < -0.3 is 5.73 Å². The summed E-state index contributed by atoms with van der Waals surface area (Å²) in [5.74, 6) is -2.26. The zero-order chi connectivity index (χ0) is 17.1. The third-order valence-electron chi connectivity index (χ3n) is 3.94. The molecular weight excluding hydrogens is 294 g/mol. The lowest BCUT2D eigenvalue weighted by molar-refractivity contribution is -0.235. The van der Waals surface area contributed by atoms with Crippen molar-refractivity contribution in [1.82, 2.24) is 0 Å². The monoisotopic (exact) mass is 321 g/mol. The van der Waals surface area contributed by atoms with Crippen LogP contribution in [0.4, 0.5) is 5.69 Å². The third-order valence-corrected chi connectivity index (χ3v) is 3.94. The number of ketones is 1. The highest BCUT2D eigenvalue weighted by molar-refractivity contribution is 6.04. The second-order valence-electron chi connectivity index (χ2n) is 5.85. The fourth-order valence-electron chi connectivity index (χ4n) is 2.60. The van der Waals surface area contributed by atoms with Crippen molar-refractivity contribution in [3.8, 4) is 0 Å². The predicted molar refractivity (Wildman–Crippen MR) is 89.9 cm³/mol. The quantitative estimate of drug-likeness (QED) is 0.211. The van der Waals surface area contributed by atoms with Crippen LogP contribution in [0.25, 0.3) is 0 Å². The number of benzene rings is 1. The molecule has 1 atom stereocenters. The maximum atomic E-state index is 12.3. The van der Waals surface area contributed by atoms with Crippen LogP contribution in [0.5, 0.6) is 0 Å². The van der Waals surface area contributed by atoms with E-state index in [-0.39, 0.29) is 5.78 Å². The zero-order valence-corrected chi connectivity index (χ0v) is 13.8.